The average Bonchev–Trinajstić information content (AvgIpc) is 3.35. The van der Waals surface area contributed by atoms with Gasteiger partial charge in [-0.05, 0) is 86.9 Å². The van der Waals surface area contributed by atoms with Crippen LogP contribution in [0, 0.1) is 11.3 Å². The van der Waals surface area contributed by atoms with Gasteiger partial charge in [0.2, 0.25) is 0 Å². The number of nitrogens with zero attached hydrogens (tertiary/aromatic N) is 1. The summed E-state index contributed by atoms with van der Waals surface area (Å²) in [4.78, 5) is 30.1. The van der Waals surface area contributed by atoms with Gasteiger partial charge in [0, 0.05) is 12.1 Å². The molecule has 0 amide bonds. The molecule has 2 saturated heterocycles. The van der Waals surface area contributed by atoms with Gasteiger partial charge in [0.1, 0.15) is 16.9 Å². The smallest absolute Gasteiger partial charge is 0.321 e. The Morgan fingerprint density at radius 2 is 2.06 bits per heavy atom. The number of ketones is 1. The maximum Gasteiger partial charge on any atom is 0.321 e. The molecule has 0 spiro atoms. The van der Waals surface area contributed by atoms with Gasteiger partial charge >= 0.3 is 5.97 Å². The average molecular weight is 452 g/mol. The number of Topliss-reactive ketones (excluding diaryl/α,β-unsaturated/α-hetero) is 1. The lowest BCUT2D eigenvalue weighted by atomic mass is 9.45. The molecule has 1 aromatic carbocycles. The van der Waals surface area contributed by atoms with Gasteiger partial charge in [-0.1, -0.05) is 13.0 Å². The summed E-state index contributed by atoms with van der Waals surface area (Å²) in [6, 6.07) is 10.00. The van der Waals surface area contributed by atoms with Crippen LogP contribution in [0.3, 0.4) is 0 Å². The Labute approximate surface area is 195 Å². The third kappa shape index (κ3) is 2.96. The maximum absolute atomic E-state index is 14.1. The Bertz CT molecular complexity index is 1080. The first kappa shape index (κ1) is 22.2. The highest BCUT2D eigenvalue weighted by Gasteiger charge is 2.69. The van der Waals surface area contributed by atoms with Gasteiger partial charge in [-0.2, -0.15) is 0 Å². The first-order valence-electron chi connectivity index (χ1n) is 11.9. The highest BCUT2D eigenvalue weighted by atomic mass is 16.5. The zero-order chi connectivity index (χ0) is 23.5. The second-order valence-electron chi connectivity index (χ2n) is 10.2. The fraction of sp³-hybridized carbons (Fsp3) is 0.556. The third-order valence-corrected chi connectivity index (χ3v) is 8.83. The molecule has 0 N–H and O–H groups in total. The van der Waals surface area contributed by atoms with Crippen LogP contribution < -0.4 is 4.74 Å². The van der Waals surface area contributed by atoms with Crippen molar-refractivity contribution in [2.24, 2.45) is 11.3 Å². The van der Waals surface area contributed by atoms with E-state index in [1.807, 2.05) is 19.1 Å². The molecule has 0 radical (unpaired) electrons. The van der Waals surface area contributed by atoms with Crippen LogP contribution in [0.2, 0.25) is 0 Å². The number of methoxy groups -OCH3 is 1. The maximum atomic E-state index is 14.1. The Hall–Kier alpha value is -2.60. The normalized spacial score (nSPS) is 33.3. The molecule has 6 rings (SSSR count). The Morgan fingerprint density at radius 1 is 1.27 bits per heavy atom. The van der Waals surface area contributed by atoms with E-state index in [4.69, 9.17) is 13.9 Å². The highest BCUT2D eigenvalue weighted by Crippen LogP contribution is 2.63. The molecule has 6 atom stereocenters. The van der Waals surface area contributed by atoms with Gasteiger partial charge in [0.05, 0.1) is 25.9 Å². The molecule has 2 aliphatic carbocycles. The Morgan fingerprint density at radius 3 is 2.73 bits per heavy atom. The van der Waals surface area contributed by atoms with E-state index in [2.05, 4.69) is 31.0 Å². The van der Waals surface area contributed by atoms with E-state index in [0.29, 0.717) is 12.2 Å². The van der Waals surface area contributed by atoms with Crippen molar-refractivity contribution in [1.29, 1.82) is 0 Å². The summed E-state index contributed by atoms with van der Waals surface area (Å²) in [6.45, 7) is 6.20. The number of likely N-dealkylation sites (N-methyl/N-ethyl adjacent to an activating group) is 1. The minimum atomic E-state index is -1.20. The molecule has 6 unspecified atom stereocenters. The topological polar surface area (TPSA) is 69.0 Å². The van der Waals surface area contributed by atoms with Crippen LogP contribution in [0.15, 0.2) is 41.0 Å². The van der Waals surface area contributed by atoms with Gasteiger partial charge in [-0.3, -0.25) is 14.5 Å². The Balaban J connectivity index is 1.61. The molecule has 4 aliphatic rings. The number of furan rings is 1. The van der Waals surface area contributed by atoms with E-state index >= 15 is 0 Å². The number of hydrogen-bond donors (Lipinski definition) is 0. The number of rotatable bonds is 6. The molecule has 176 valence electrons. The van der Waals surface area contributed by atoms with Crippen molar-refractivity contribution in [1.82, 2.24) is 4.90 Å². The van der Waals surface area contributed by atoms with Gasteiger partial charge in [-0.25, -0.2) is 0 Å². The summed E-state index contributed by atoms with van der Waals surface area (Å²) < 4.78 is 16.7. The SMILES string of the molecule is CCOC(=O)C1(C(=O)C(C)c2ccco2)CC2C3Cc4ccc(OC)cc4C2(C)CC1N3C. The summed E-state index contributed by atoms with van der Waals surface area (Å²) in [5.74, 6) is 0.602. The lowest BCUT2D eigenvalue weighted by molar-refractivity contribution is -0.189. The third-order valence-electron chi connectivity index (χ3n) is 8.83. The minimum absolute atomic E-state index is 0.0929. The number of carbonyl (C=O) groups excluding carboxylic acids is 2. The van der Waals surface area contributed by atoms with Crippen LogP contribution in [0.25, 0.3) is 0 Å². The summed E-state index contributed by atoms with van der Waals surface area (Å²) in [5, 5.41) is 0. The molecule has 2 aliphatic heterocycles. The summed E-state index contributed by atoms with van der Waals surface area (Å²) >= 11 is 0. The van der Waals surface area contributed by atoms with Crippen molar-refractivity contribution >= 4 is 11.8 Å². The molecule has 4 bridgehead atoms. The summed E-state index contributed by atoms with van der Waals surface area (Å²) in [6.07, 6.45) is 3.71. The van der Waals surface area contributed by atoms with Crippen molar-refractivity contribution in [2.45, 2.75) is 63.5 Å². The quantitative estimate of drug-likeness (QED) is 0.486. The number of fused-ring (bicyclic) bond motifs is 2. The van der Waals surface area contributed by atoms with E-state index < -0.39 is 11.3 Å². The van der Waals surface area contributed by atoms with Crippen molar-refractivity contribution < 1.29 is 23.5 Å². The van der Waals surface area contributed by atoms with Crippen molar-refractivity contribution in [3.8, 4) is 5.75 Å². The molecule has 3 fully saturated rings. The largest absolute Gasteiger partial charge is 0.497 e. The van der Waals surface area contributed by atoms with Gasteiger partial charge in [0.25, 0.3) is 0 Å². The van der Waals surface area contributed by atoms with E-state index in [1.54, 1.807) is 26.4 Å². The second kappa shape index (κ2) is 7.73. The molecule has 1 aromatic heterocycles. The van der Waals surface area contributed by atoms with Gasteiger partial charge < -0.3 is 13.9 Å². The monoisotopic (exact) mass is 451 g/mol. The zero-order valence-electron chi connectivity index (χ0n) is 20.1. The molecule has 1 saturated carbocycles. The molecule has 3 heterocycles. The van der Waals surface area contributed by atoms with Crippen LogP contribution in [-0.4, -0.2) is 49.5 Å². The number of ether oxygens (including phenoxy) is 2. The number of hydrogen-bond acceptors (Lipinski definition) is 6. The van der Waals surface area contributed by atoms with Crippen molar-refractivity contribution in [3.63, 3.8) is 0 Å². The number of carbonyl (C=O) groups is 2. The Kier molecular flexibility index (Phi) is 5.20. The predicted molar refractivity (Wildman–Crippen MR) is 123 cm³/mol. The lowest BCUT2D eigenvalue weighted by Crippen LogP contribution is -2.74. The number of esters is 1. The van der Waals surface area contributed by atoms with Crippen LogP contribution >= 0.6 is 0 Å². The zero-order valence-corrected chi connectivity index (χ0v) is 20.1. The first-order chi connectivity index (χ1) is 15.8. The molecular weight excluding hydrogens is 418 g/mol. The van der Waals surface area contributed by atoms with Crippen LogP contribution in [0.5, 0.6) is 5.75 Å². The standard InChI is InChI=1S/C27H33NO5/c1-6-32-25(30)27(24(29)16(2)22-8-7-11-33-22)14-20-21-12-17-9-10-18(31-5)13-19(17)26(20,3)15-23(27)28(21)4/h7-11,13,16,20-21,23H,6,12,14-15H2,1-5H3. The summed E-state index contributed by atoms with van der Waals surface area (Å²) in [5.41, 5.74) is 1.30. The van der Waals surface area contributed by atoms with Crippen LogP contribution in [0.1, 0.15) is 56.4 Å². The van der Waals surface area contributed by atoms with Crippen LogP contribution in [0.4, 0.5) is 0 Å². The lowest BCUT2D eigenvalue weighted by Gasteiger charge is -2.66. The van der Waals surface area contributed by atoms with Gasteiger partial charge in [0.15, 0.2) is 5.78 Å². The fourth-order valence-electron chi connectivity index (χ4n) is 7.11. The van der Waals surface area contributed by atoms with Crippen molar-refractivity contribution in [3.05, 3.63) is 53.5 Å². The molecule has 2 aromatic rings. The first-order valence-corrected chi connectivity index (χ1v) is 11.9. The predicted octanol–water partition coefficient (Wildman–Crippen LogP) is 4.12. The van der Waals surface area contributed by atoms with Crippen molar-refractivity contribution in [2.75, 3.05) is 20.8 Å². The fourth-order valence-corrected chi connectivity index (χ4v) is 7.11. The molecule has 33 heavy (non-hydrogen) atoms. The van der Waals surface area contributed by atoms with E-state index in [-0.39, 0.29) is 41.8 Å². The molecule has 6 heteroatoms. The van der Waals surface area contributed by atoms with E-state index in [1.165, 1.54) is 11.1 Å². The second-order valence-corrected chi connectivity index (χ2v) is 10.2. The van der Waals surface area contributed by atoms with Crippen LogP contribution in [-0.2, 0) is 26.2 Å². The highest BCUT2D eigenvalue weighted by molar-refractivity contribution is 6.07. The van der Waals surface area contributed by atoms with Gasteiger partial charge in [-0.15, -0.1) is 0 Å². The van der Waals surface area contributed by atoms with E-state index in [9.17, 15) is 9.59 Å². The number of benzene rings is 1. The van der Waals surface area contributed by atoms with E-state index in [0.717, 1.165) is 18.6 Å². The molecular formula is C27H33NO5. The minimum Gasteiger partial charge on any atom is -0.497 e. The molecule has 6 nitrogen and oxygen atoms in total. The summed E-state index contributed by atoms with van der Waals surface area (Å²) in [7, 11) is 3.77. The number of piperidine rings is 2.